The van der Waals surface area contributed by atoms with Crippen molar-refractivity contribution in [1.29, 1.82) is 0 Å². The molecule has 1 aromatic rings. The zero-order valence-electron chi connectivity index (χ0n) is 24.3. The molecule has 0 aromatic heterocycles. The topological polar surface area (TPSA) is 17.1 Å². The van der Waals surface area contributed by atoms with Gasteiger partial charge in [-0.05, 0) is 87.7 Å². The third kappa shape index (κ3) is 29.6. The molecule has 0 unspecified atom stereocenters. The Hall–Kier alpha value is -2.32. The van der Waals surface area contributed by atoms with Crippen molar-refractivity contribution in [3.05, 3.63) is 102 Å². The molecule has 35 heavy (non-hydrogen) atoms. The molecule has 0 amide bonds. The van der Waals surface area contributed by atoms with Crippen LogP contribution in [0, 0.1) is 5.92 Å². The minimum atomic E-state index is 0.167. The highest BCUT2D eigenvalue weighted by molar-refractivity contribution is 8.03. The van der Waals surface area contributed by atoms with Crippen LogP contribution < -0.4 is 0 Å². The lowest BCUT2D eigenvalue weighted by Gasteiger charge is -2.04. The lowest BCUT2D eigenvalue weighted by Crippen LogP contribution is -1.87. The van der Waals surface area contributed by atoms with E-state index in [9.17, 15) is 4.79 Å². The third-order valence-corrected chi connectivity index (χ3v) is 5.29. The fourth-order valence-electron chi connectivity index (χ4n) is 1.94. The van der Waals surface area contributed by atoms with Crippen LogP contribution in [0.15, 0.2) is 90.4 Å². The van der Waals surface area contributed by atoms with Crippen LogP contribution in [0.25, 0.3) is 5.57 Å². The summed E-state index contributed by atoms with van der Waals surface area (Å²) in [5.41, 5.74) is 5.69. The number of carbonyl (C=O) groups is 1. The molecule has 0 bridgehead atoms. The van der Waals surface area contributed by atoms with E-state index in [4.69, 9.17) is 0 Å². The summed E-state index contributed by atoms with van der Waals surface area (Å²) in [6.07, 6.45) is 12.3. The molecule has 0 atom stereocenters. The van der Waals surface area contributed by atoms with E-state index in [2.05, 4.69) is 111 Å². The molecule has 2 heteroatoms. The van der Waals surface area contributed by atoms with Crippen molar-refractivity contribution in [2.24, 2.45) is 5.92 Å². The summed E-state index contributed by atoms with van der Waals surface area (Å²) in [6, 6.07) is 8.43. The van der Waals surface area contributed by atoms with Gasteiger partial charge >= 0.3 is 0 Å². The molecule has 196 valence electrons. The first kappa shape index (κ1) is 37.2. The van der Waals surface area contributed by atoms with Crippen LogP contribution in [-0.2, 0) is 11.2 Å². The maximum absolute atomic E-state index is 9.44. The Balaban J connectivity index is -0.000000525. The summed E-state index contributed by atoms with van der Waals surface area (Å²) in [4.78, 5) is 10.9. The molecule has 0 spiro atoms. The summed E-state index contributed by atoms with van der Waals surface area (Å²) < 4.78 is 0. The first-order valence-electron chi connectivity index (χ1n) is 12.5. The average molecular weight is 497 g/mol. The highest BCUT2D eigenvalue weighted by Crippen LogP contribution is 2.17. The zero-order valence-corrected chi connectivity index (χ0v) is 25.1. The Labute approximate surface area is 222 Å². The van der Waals surface area contributed by atoms with E-state index in [0.29, 0.717) is 0 Å². The van der Waals surface area contributed by atoms with Crippen molar-refractivity contribution >= 4 is 23.1 Å². The lowest BCUT2D eigenvalue weighted by atomic mass is 10.0. The summed E-state index contributed by atoms with van der Waals surface area (Å²) in [5.74, 6) is 2.26. The number of hydrogen-bond acceptors (Lipinski definition) is 2. The van der Waals surface area contributed by atoms with Gasteiger partial charge in [0.1, 0.15) is 5.78 Å². The average Bonchev–Trinajstić information content (AvgIpc) is 2.80. The number of carbonyl (C=O) groups excluding carboxylic acids is 1. The van der Waals surface area contributed by atoms with E-state index in [1.54, 1.807) is 6.08 Å². The van der Waals surface area contributed by atoms with Gasteiger partial charge in [0.2, 0.25) is 0 Å². The molecule has 0 saturated heterocycles. The van der Waals surface area contributed by atoms with E-state index in [0.717, 1.165) is 29.0 Å². The van der Waals surface area contributed by atoms with Crippen LogP contribution in [0.2, 0.25) is 0 Å². The van der Waals surface area contributed by atoms with Gasteiger partial charge in [-0.2, -0.15) is 0 Å². The second-order valence-electron chi connectivity index (χ2n) is 9.02. The third-order valence-electron chi connectivity index (χ3n) is 3.99. The predicted molar refractivity (Wildman–Crippen MR) is 166 cm³/mol. The Morgan fingerprint density at radius 1 is 0.943 bits per heavy atom. The maximum Gasteiger partial charge on any atom is 0.126 e. The SMILES string of the molecule is C/C=C(\C)SCCC.C=CC(=C)Cc1ccc(C(=C)/C=C\C(C)=C/C)cc1.CC(C)=O.CC(C)C. The number of benzene rings is 1. The second-order valence-corrected chi connectivity index (χ2v) is 10.4. The van der Waals surface area contributed by atoms with Crippen LogP contribution in [0.5, 0.6) is 0 Å². The minimum absolute atomic E-state index is 0.167. The van der Waals surface area contributed by atoms with Crippen molar-refractivity contribution in [3.63, 3.8) is 0 Å². The molecule has 0 aliphatic rings. The van der Waals surface area contributed by atoms with Crippen LogP contribution in [0.4, 0.5) is 0 Å². The van der Waals surface area contributed by atoms with E-state index in [1.807, 2.05) is 24.8 Å². The Kier molecular flexibility index (Phi) is 26.4. The summed E-state index contributed by atoms with van der Waals surface area (Å²) in [6.45, 7) is 31.8. The Morgan fingerprint density at radius 3 is 1.80 bits per heavy atom. The lowest BCUT2D eigenvalue weighted by molar-refractivity contribution is -0.114. The van der Waals surface area contributed by atoms with Crippen molar-refractivity contribution in [3.8, 4) is 0 Å². The molecular formula is C33H52OS. The van der Waals surface area contributed by atoms with E-state index >= 15 is 0 Å². The van der Waals surface area contributed by atoms with Gasteiger partial charge in [-0.3, -0.25) is 0 Å². The van der Waals surface area contributed by atoms with Gasteiger partial charge in [0.05, 0.1) is 0 Å². The molecule has 0 radical (unpaired) electrons. The molecule has 0 aliphatic carbocycles. The van der Waals surface area contributed by atoms with Gasteiger partial charge in [-0.1, -0.05) is 113 Å². The number of hydrogen-bond donors (Lipinski definition) is 0. The highest BCUT2D eigenvalue weighted by Gasteiger charge is 1.98. The van der Waals surface area contributed by atoms with Gasteiger partial charge < -0.3 is 4.79 Å². The Morgan fingerprint density at radius 2 is 1.43 bits per heavy atom. The van der Waals surface area contributed by atoms with E-state index in [1.165, 1.54) is 42.1 Å². The number of thioether (sulfide) groups is 1. The predicted octanol–water partition coefficient (Wildman–Crippen LogP) is 10.8. The zero-order chi connectivity index (χ0) is 27.8. The van der Waals surface area contributed by atoms with Crippen LogP contribution in [-0.4, -0.2) is 11.5 Å². The molecule has 0 saturated carbocycles. The largest absolute Gasteiger partial charge is 0.300 e. The fourth-order valence-corrected chi connectivity index (χ4v) is 2.63. The molecule has 0 fully saturated rings. The summed E-state index contributed by atoms with van der Waals surface area (Å²) in [7, 11) is 0. The normalized spacial score (nSPS) is 10.8. The number of Topliss-reactive ketones (excluding diaryl/α,β-unsaturated/α-hetero) is 1. The molecule has 1 rings (SSSR count). The van der Waals surface area contributed by atoms with Crippen molar-refractivity contribution in [2.75, 3.05) is 5.75 Å². The van der Waals surface area contributed by atoms with Gasteiger partial charge in [0.25, 0.3) is 0 Å². The maximum atomic E-state index is 9.44. The minimum Gasteiger partial charge on any atom is -0.300 e. The first-order chi connectivity index (χ1) is 16.3. The number of rotatable bonds is 9. The molecule has 0 aliphatic heterocycles. The van der Waals surface area contributed by atoms with Gasteiger partial charge in [0.15, 0.2) is 0 Å². The molecule has 0 N–H and O–H groups in total. The van der Waals surface area contributed by atoms with E-state index in [-0.39, 0.29) is 5.78 Å². The van der Waals surface area contributed by atoms with Gasteiger partial charge in [-0.15, -0.1) is 11.8 Å². The summed E-state index contributed by atoms with van der Waals surface area (Å²) in [5, 5.41) is 0. The highest BCUT2D eigenvalue weighted by atomic mass is 32.2. The van der Waals surface area contributed by atoms with Gasteiger partial charge in [0, 0.05) is 0 Å². The molecule has 0 heterocycles. The van der Waals surface area contributed by atoms with Gasteiger partial charge in [-0.25, -0.2) is 0 Å². The molecule has 1 aromatic carbocycles. The monoisotopic (exact) mass is 496 g/mol. The van der Waals surface area contributed by atoms with E-state index < -0.39 is 0 Å². The fraction of sp³-hybridized carbons (Fsp3) is 0.424. The van der Waals surface area contributed by atoms with Crippen LogP contribution in [0.1, 0.15) is 86.8 Å². The molecular weight excluding hydrogens is 444 g/mol. The van der Waals surface area contributed by atoms with Crippen molar-refractivity contribution in [1.82, 2.24) is 0 Å². The van der Waals surface area contributed by atoms with Crippen molar-refractivity contribution < 1.29 is 4.79 Å². The van der Waals surface area contributed by atoms with Crippen LogP contribution in [0.3, 0.4) is 0 Å². The second kappa shape index (κ2) is 24.8. The Bertz CT molecular complexity index is 810. The van der Waals surface area contributed by atoms with Crippen molar-refractivity contribution in [2.45, 2.75) is 82.1 Å². The molecule has 1 nitrogen and oxygen atoms in total. The van der Waals surface area contributed by atoms with Crippen LogP contribution >= 0.6 is 11.8 Å². The number of ketones is 1. The first-order valence-corrected chi connectivity index (χ1v) is 13.4. The smallest absolute Gasteiger partial charge is 0.126 e. The number of allylic oxidation sites excluding steroid dienone is 9. The summed E-state index contributed by atoms with van der Waals surface area (Å²) >= 11 is 1.94. The quantitative estimate of drug-likeness (QED) is 0.316. The standard InChI is InChI=1S/C19H22.C7H14S.C4H10.C3H6O/c1-6-15(3)8-9-17(5)19-12-10-18(11-13-19)14-16(4)7-2;1-4-6-8-7(3)5-2;1-4(2)3;1-3(2)4/h6-13H,2,4-5,14H2,1,3H3;5H,4,6H2,1-3H3;4H,1-3H3;1-2H3/b9-8-,15-6-;7-5+;;.